The van der Waals surface area contributed by atoms with Crippen molar-refractivity contribution in [3.63, 3.8) is 0 Å². The normalized spacial score (nSPS) is 12.0. The molecule has 37 heavy (non-hydrogen) atoms. The number of aryl methyl sites for hydroxylation is 2. The summed E-state index contributed by atoms with van der Waals surface area (Å²) in [6, 6.07) is 13.9. The highest BCUT2D eigenvalue weighted by atomic mass is 32.1. The highest BCUT2D eigenvalue weighted by Crippen LogP contribution is 2.34. The van der Waals surface area contributed by atoms with Crippen LogP contribution in [-0.4, -0.2) is 40.9 Å². The van der Waals surface area contributed by atoms with E-state index in [4.69, 9.17) is 14.2 Å². The molecule has 0 aliphatic carbocycles. The first-order valence-corrected chi connectivity index (χ1v) is 13.6. The summed E-state index contributed by atoms with van der Waals surface area (Å²) < 4.78 is 17.7. The van der Waals surface area contributed by atoms with E-state index >= 15 is 0 Å². The van der Waals surface area contributed by atoms with Crippen LogP contribution in [0.1, 0.15) is 55.7 Å². The van der Waals surface area contributed by atoms with E-state index < -0.39 is 11.9 Å². The summed E-state index contributed by atoms with van der Waals surface area (Å²) in [6.45, 7) is 9.51. The van der Waals surface area contributed by atoms with Crippen LogP contribution in [0.25, 0.3) is 21.5 Å². The Kier molecular flexibility index (Phi) is 8.71. The van der Waals surface area contributed by atoms with Gasteiger partial charge in [-0.25, -0.2) is 4.98 Å². The number of fused-ring (bicyclic) bond motifs is 1. The lowest BCUT2D eigenvalue weighted by atomic mass is 10.1. The summed E-state index contributed by atoms with van der Waals surface area (Å²) in [6.07, 6.45) is 2.70. The number of aliphatic carboxylic acids is 1. The molecule has 0 saturated carbocycles. The molecule has 0 saturated heterocycles. The van der Waals surface area contributed by atoms with Gasteiger partial charge in [-0.2, -0.15) is 0 Å². The van der Waals surface area contributed by atoms with E-state index in [1.165, 1.54) is 5.56 Å². The van der Waals surface area contributed by atoms with E-state index in [1.54, 1.807) is 18.3 Å². The number of thiazole rings is 1. The molecule has 0 aliphatic rings. The molecular weight excluding hydrogens is 488 g/mol. The molecule has 196 valence electrons. The standard InChI is InChI=1S/C29H34N2O5S/c1-5-8-20-15-21(28-31-27(34-6-2)19(4)37-28)9-12-26(20)36-14-7-13-35-23-10-11-24-22(16-23)17-25(30-24)18(3)29(32)33/h9-12,15-18,30H,5-8,13-14H2,1-4H3,(H,32,33). The number of hydrogen-bond acceptors (Lipinski definition) is 6. The molecule has 1 atom stereocenters. The summed E-state index contributed by atoms with van der Waals surface area (Å²) in [5.41, 5.74) is 3.84. The van der Waals surface area contributed by atoms with Crippen molar-refractivity contribution in [2.75, 3.05) is 19.8 Å². The average molecular weight is 523 g/mol. The summed E-state index contributed by atoms with van der Waals surface area (Å²) in [5, 5.41) is 11.1. The Morgan fingerprint density at radius 1 is 1.08 bits per heavy atom. The number of carbonyl (C=O) groups is 1. The number of nitrogens with zero attached hydrogens (tertiary/aromatic N) is 1. The third kappa shape index (κ3) is 6.43. The van der Waals surface area contributed by atoms with Gasteiger partial charge in [0.25, 0.3) is 0 Å². The van der Waals surface area contributed by atoms with Crippen LogP contribution in [0.3, 0.4) is 0 Å². The number of carboxylic acid groups (broad SMARTS) is 1. The number of nitrogens with one attached hydrogen (secondary N) is 1. The minimum Gasteiger partial charge on any atom is -0.493 e. The van der Waals surface area contributed by atoms with Gasteiger partial charge in [0.2, 0.25) is 5.88 Å². The second-order valence-electron chi connectivity index (χ2n) is 8.97. The predicted octanol–water partition coefficient (Wildman–Crippen LogP) is 6.99. The fraction of sp³-hybridized carbons (Fsp3) is 0.379. The first-order chi connectivity index (χ1) is 17.9. The molecule has 0 aliphatic heterocycles. The number of aromatic nitrogens is 2. The third-order valence-corrected chi connectivity index (χ3v) is 7.13. The largest absolute Gasteiger partial charge is 0.493 e. The van der Waals surface area contributed by atoms with Crippen molar-refractivity contribution in [1.82, 2.24) is 9.97 Å². The molecule has 0 amide bonds. The van der Waals surface area contributed by atoms with Crippen LogP contribution in [0.15, 0.2) is 42.5 Å². The minimum atomic E-state index is -0.853. The monoisotopic (exact) mass is 522 g/mol. The maximum atomic E-state index is 11.3. The number of carboxylic acids is 1. The molecule has 1 unspecified atom stereocenters. The maximum Gasteiger partial charge on any atom is 0.312 e. The molecule has 0 radical (unpaired) electrons. The van der Waals surface area contributed by atoms with Crippen molar-refractivity contribution in [2.45, 2.75) is 52.9 Å². The third-order valence-electron chi connectivity index (χ3n) is 6.13. The van der Waals surface area contributed by atoms with Gasteiger partial charge >= 0.3 is 5.97 Å². The van der Waals surface area contributed by atoms with Gasteiger partial charge in [0.15, 0.2) is 0 Å². The first kappa shape index (κ1) is 26.5. The van der Waals surface area contributed by atoms with Gasteiger partial charge in [0.1, 0.15) is 16.5 Å². The highest BCUT2D eigenvalue weighted by molar-refractivity contribution is 7.15. The van der Waals surface area contributed by atoms with E-state index in [0.29, 0.717) is 31.4 Å². The smallest absolute Gasteiger partial charge is 0.312 e. The zero-order chi connectivity index (χ0) is 26.4. The van der Waals surface area contributed by atoms with Crippen molar-refractivity contribution >= 4 is 28.2 Å². The maximum absolute atomic E-state index is 11.3. The Morgan fingerprint density at radius 2 is 1.89 bits per heavy atom. The van der Waals surface area contributed by atoms with Crippen molar-refractivity contribution in [2.24, 2.45) is 0 Å². The molecule has 7 nitrogen and oxygen atoms in total. The molecule has 2 aromatic heterocycles. The summed E-state index contributed by atoms with van der Waals surface area (Å²) in [4.78, 5) is 20.2. The lowest BCUT2D eigenvalue weighted by Gasteiger charge is -2.13. The number of rotatable bonds is 13. The van der Waals surface area contributed by atoms with E-state index in [0.717, 1.165) is 57.1 Å². The second-order valence-corrected chi connectivity index (χ2v) is 10.2. The van der Waals surface area contributed by atoms with E-state index in [1.807, 2.05) is 44.2 Å². The summed E-state index contributed by atoms with van der Waals surface area (Å²) >= 11 is 1.65. The topological polar surface area (TPSA) is 93.7 Å². The average Bonchev–Trinajstić information content (AvgIpc) is 3.47. The Bertz CT molecular complexity index is 1360. The molecule has 2 N–H and O–H groups in total. The van der Waals surface area contributed by atoms with Crippen LogP contribution in [0.5, 0.6) is 17.4 Å². The van der Waals surface area contributed by atoms with Crippen molar-refractivity contribution in [3.05, 3.63) is 58.6 Å². The van der Waals surface area contributed by atoms with Crippen molar-refractivity contribution in [3.8, 4) is 28.0 Å². The van der Waals surface area contributed by atoms with Gasteiger partial charge in [-0.15, -0.1) is 11.3 Å². The molecule has 4 rings (SSSR count). The van der Waals surface area contributed by atoms with Gasteiger partial charge in [-0.1, -0.05) is 13.3 Å². The fourth-order valence-electron chi connectivity index (χ4n) is 4.11. The molecule has 0 spiro atoms. The fourth-order valence-corrected chi connectivity index (χ4v) is 4.97. The Balaban J connectivity index is 1.33. The number of ether oxygens (including phenoxy) is 3. The van der Waals surface area contributed by atoms with Gasteiger partial charge < -0.3 is 24.3 Å². The van der Waals surface area contributed by atoms with E-state index in [-0.39, 0.29) is 0 Å². The Morgan fingerprint density at radius 3 is 2.65 bits per heavy atom. The van der Waals surface area contributed by atoms with Crippen LogP contribution in [0.4, 0.5) is 0 Å². The zero-order valence-corrected chi connectivity index (χ0v) is 22.6. The highest BCUT2D eigenvalue weighted by Gasteiger charge is 2.16. The van der Waals surface area contributed by atoms with E-state index in [2.05, 4.69) is 29.0 Å². The molecule has 4 aromatic rings. The predicted molar refractivity (Wildman–Crippen MR) is 147 cm³/mol. The second kappa shape index (κ2) is 12.1. The van der Waals surface area contributed by atoms with Crippen molar-refractivity contribution in [1.29, 1.82) is 0 Å². The van der Waals surface area contributed by atoms with Crippen LogP contribution >= 0.6 is 11.3 Å². The van der Waals surface area contributed by atoms with Gasteiger partial charge in [0, 0.05) is 28.6 Å². The van der Waals surface area contributed by atoms with Gasteiger partial charge in [0.05, 0.1) is 30.6 Å². The first-order valence-electron chi connectivity index (χ1n) is 12.7. The van der Waals surface area contributed by atoms with Crippen molar-refractivity contribution < 1.29 is 24.1 Å². The zero-order valence-electron chi connectivity index (χ0n) is 21.8. The quantitative estimate of drug-likeness (QED) is 0.184. The number of aromatic amines is 1. The van der Waals surface area contributed by atoms with Crippen LogP contribution in [0, 0.1) is 6.92 Å². The number of benzene rings is 2. The van der Waals surface area contributed by atoms with Crippen LogP contribution < -0.4 is 14.2 Å². The SMILES string of the molecule is CCCc1cc(-c2nc(OCC)c(C)s2)ccc1OCCCOc1ccc2[nH]c(C(C)C(=O)O)cc2c1. The molecule has 0 fully saturated rings. The lowest BCUT2D eigenvalue weighted by molar-refractivity contribution is -0.138. The molecule has 2 heterocycles. The van der Waals surface area contributed by atoms with Crippen LogP contribution in [-0.2, 0) is 11.2 Å². The lowest BCUT2D eigenvalue weighted by Crippen LogP contribution is -2.07. The van der Waals surface area contributed by atoms with Crippen LogP contribution in [0.2, 0.25) is 0 Å². The van der Waals surface area contributed by atoms with Gasteiger partial charge in [-0.05, 0) is 75.2 Å². The Labute approximate surface area is 221 Å². The number of H-pyrrole nitrogens is 1. The Hall–Kier alpha value is -3.52. The summed E-state index contributed by atoms with van der Waals surface area (Å²) in [7, 11) is 0. The summed E-state index contributed by atoms with van der Waals surface area (Å²) in [5.74, 6) is 0.929. The molecule has 0 bridgehead atoms. The minimum absolute atomic E-state index is 0.522. The number of hydrogen-bond donors (Lipinski definition) is 2. The molecule has 8 heteroatoms. The van der Waals surface area contributed by atoms with Gasteiger partial charge in [-0.3, -0.25) is 4.79 Å². The van der Waals surface area contributed by atoms with E-state index in [9.17, 15) is 9.90 Å². The molecular formula is C29H34N2O5S. The molecule has 2 aromatic carbocycles.